The SMILES string of the molecule is C=CC=N/C(=C\N)c1cc2c(cn1)[nH]c1ccc(N)c(C=N)c12. The van der Waals surface area contributed by atoms with Gasteiger partial charge in [0, 0.05) is 46.2 Å². The summed E-state index contributed by atoms with van der Waals surface area (Å²) >= 11 is 0. The van der Waals surface area contributed by atoms with Crippen molar-refractivity contribution < 1.29 is 0 Å². The minimum atomic E-state index is 0.543. The fourth-order valence-corrected chi connectivity index (χ4v) is 2.56. The van der Waals surface area contributed by atoms with Crippen molar-refractivity contribution in [1.82, 2.24) is 9.97 Å². The molecule has 0 atom stereocenters. The molecule has 3 rings (SSSR count). The standard InChI is InChI=1S/C17H16N6/c1-2-5-21-15(8-19)14-6-10-16(9-22-14)23-13-4-3-12(20)11(7-18)17(10)13/h2-9,18,23H,1,19-20H2/b15-8-,18-7?,21-5?. The molecule has 0 amide bonds. The molecule has 0 saturated heterocycles. The Hall–Kier alpha value is -3.41. The molecule has 23 heavy (non-hydrogen) atoms. The topological polar surface area (TPSA) is 117 Å². The van der Waals surface area contributed by atoms with Gasteiger partial charge in [0.25, 0.3) is 0 Å². The highest BCUT2D eigenvalue weighted by Crippen LogP contribution is 2.31. The first-order valence-corrected chi connectivity index (χ1v) is 6.97. The molecule has 2 aromatic heterocycles. The number of rotatable bonds is 4. The van der Waals surface area contributed by atoms with E-state index in [2.05, 4.69) is 21.5 Å². The van der Waals surface area contributed by atoms with E-state index in [9.17, 15) is 0 Å². The monoisotopic (exact) mass is 304 g/mol. The van der Waals surface area contributed by atoms with Crippen LogP contribution >= 0.6 is 0 Å². The average Bonchev–Trinajstić information content (AvgIpc) is 2.94. The fourth-order valence-electron chi connectivity index (χ4n) is 2.56. The molecule has 0 unspecified atom stereocenters. The van der Waals surface area contributed by atoms with Crippen molar-refractivity contribution in [3.05, 3.63) is 54.5 Å². The second-order valence-corrected chi connectivity index (χ2v) is 4.94. The van der Waals surface area contributed by atoms with E-state index in [0.717, 1.165) is 21.8 Å². The van der Waals surface area contributed by atoms with Gasteiger partial charge in [-0.25, -0.2) is 0 Å². The lowest BCUT2D eigenvalue weighted by Crippen LogP contribution is -1.94. The van der Waals surface area contributed by atoms with E-state index in [1.54, 1.807) is 24.6 Å². The van der Waals surface area contributed by atoms with E-state index >= 15 is 0 Å². The van der Waals surface area contributed by atoms with E-state index in [1.165, 1.54) is 12.4 Å². The number of hydrogen-bond acceptors (Lipinski definition) is 5. The van der Waals surface area contributed by atoms with Crippen molar-refractivity contribution in [2.24, 2.45) is 10.7 Å². The minimum absolute atomic E-state index is 0.543. The van der Waals surface area contributed by atoms with Crippen LogP contribution < -0.4 is 11.5 Å². The van der Waals surface area contributed by atoms with Crippen molar-refractivity contribution in [2.75, 3.05) is 5.73 Å². The lowest BCUT2D eigenvalue weighted by Gasteiger charge is -2.03. The molecule has 0 aliphatic carbocycles. The molecule has 0 bridgehead atoms. The van der Waals surface area contributed by atoms with Gasteiger partial charge in [-0.1, -0.05) is 12.7 Å². The molecule has 6 N–H and O–H groups in total. The fraction of sp³-hybridized carbons (Fsp3) is 0. The maximum absolute atomic E-state index is 7.65. The predicted octanol–water partition coefficient (Wildman–Crippen LogP) is 2.81. The Balaban J connectivity index is 2.32. The molecule has 2 heterocycles. The third-order valence-electron chi connectivity index (χ3n) is 3.61. The van der Waals surface area contributed by atoms with Crippen molar-refractivity contribution in [3.63, 3.8) is 0 Å². The molecule has 0 aliphatic heterocycles. The van der Waals surface area contributed by atoms with E-state index in [0.29, 0.717) is 22.6 Å². The molecule has 114 valence electrons. The molecule has 6 nitrogen and oxygen atoms in total. The first-order valence-electron chi connectivity index (χ1n) is 6.97. The molecular formula is C17H16N6. The number of aromatic nitrogens is 2. The Morgan fingerprint density at radius 2 is 2.17 bits per heavy atom. The number of benzene rings is 1. The predicted molar refractivity (Wildman–Crippen MR) is 96.8 cm³/mol. The van der Waals surface area contributed by atoms with Crippen LogP contribution in [-0.2, 0) is 0 Å². The van der Waals surface area contributed by atoms with Crippen LogP contribution in [0.2, 0.25) is 0 Å². The molecule has 0 aliphatic rings. The van der Waals surface area contributed by atoms with Gasteiger partial charge in [-0.2, -0.15) is 0 Å². The summed E-state index contributed by atoms with van der Waals surface area (Å²) in [7, 11) is 0. The highest BCUT2D eigenvalue weighted by atomic mass is 14.8. The van der Waals surface area contributed by atoms with Crippen LogP contribution in [0.25, 0.3) is 27.5 Å². The molecule has 1 aromatic carbocycles. The number of hydrogen-bond donors (Lipinski definition) is 4. The molecule has 0 spiro atoms. The van der Waals surface area contributed by atoms with Gasteiger partial charge in [0.1, 0.15) is 5.70 Å². The van der Waals surface area contributed by atoms with Crippen molar-refractivity contribution in [1.29, 1.82) is 5.41 Å². The second kappa shape index (κ2) is 5.76. The Morgan fingerprint density at radius 1 is 1.35 bits per heavy atom. The van der Waals surface area contributed by atoms with Gasteiger partial charge in [0.2, 0.25) is 0 Å². The van der Waals surface area contributed by atoms with Gasteiger partial charge in [-0.15, -0.1) is 0 Å². The lowest BCUT2D eigenvalue weighted by atomic mass is 10.1. The summed E-state index contributed by atoms with van der Waals surface area (Å²) in [4.78, 5) is 11.9. The van der Waals surface area contributed by atoms with Crippen LogP contribution in [0.4, 0.5) is 5.69 Å². The number of nitrogens with one attached hydrogen (secondary N) is 2. The van der Waals surface area contributed by atoms with Crippen molar-refractivity contribution in [3.8, 4) is 0 Å². The highest BCUT2D eigenvalue weighted by Gasteiger charge is 2.12. The van der Waals surface area contributed by atoms with E-state index < -0.39 is 0 Å². The van der Waals surface area contributed by atoms with Crippen LogP contribution in [0.3, 0.4) is 0 Å². The first-order chi connectivity index (χ1) is 11.2. The number of aromatic amines is 1. The average molecular weight is 304 g/mol. The summed E-state index contributed by atoms with van der Waals surface area (Å²) in [6.07, 6.45) is 7.51. The molecule has 0 saturated carbocycles. The lowest BCUT2D eigenvalue weighted by molar-refractivity contribution is 1.27. The van der Waals surface area contributed by atoms with Gasteiger partial charge < -0.3 is 21.9 Å². The molecular weight excluding hydrogens is 288 g/mol. The minimum Gasteiger partial charge on any atom is -0.403 e. The zero-order chi connectivity index (χ0) is 16.4. The van der Waals surface area contributed by atoms with E-state index in [-0.39, 0.29) is 0 Å². The van der Waals surface area contributed by atoms with Crippen LogP contribution in [0.5, 0.6) is 0 Å². The van der Waals surface area contributed by atoms with Crippen molar-refractivity contribution >= 4 is 45.6 Å². The Bertz CT molecular complexity index is 978. The largest absolute Gasteiger partial charge is 0.403 e. The summed E-state index contributed by atoms with van der Waals surface area (Å²) in [5.41, 5.74) is 15.8. The van der Waals surface area contributed by atoms with Crippen LogP contribution in [0, 0.1) is 5.41 Å². The zero-order valence-electron chi connectivity index (χ0n) is 12.4. The summed E-state index contributed by atoms with van der Waals surface area (Å²) < 4.78 is 0. The Kier molecular flexibility index (Phi) is 3.64. The number of anilines is 1. The zero-order valence-corrected chi connectivity index (χ0v) is 12.4. The summed E-state index contributed by atoms with van der Waals surface area (Å²) in [6, 6.07) is 5.57. The normalized spacial score (nSPS) is 12.3. The first kappa shape index (κ1) is 14.5. The molecule has 6 heteroatoms. The molecule has 0 radical (unpaired) electrons. The number of nitrogens with two attached hydrogens (primary N) is 2. The number of pyridine rings is 1. The number of nitrogen functional groups attached to an aromatic ring is 1. The Labute approximate surface area is 132 Å². The van der Waals surface area contributed by atoms with Crippen LogP contribution in [-0.4, -0.2) is 22.4 Å². The van der Waals surface area contributed by atoms with Crippen molar-refractivity contribution in [2.45, 2.75) is 0 Å². The van der Waals surface area contributed by atoms with Gasteiger partial charge in [-0.05, 0) is 18.2 Å². The third-order valence-corrected chi connectivity index (χ3v) is 3.61. The van der Waals surface area contributed by atoms with E-state index in [1.807, 2.05) is 12.1 Å². The quantitative estimate of drug-likeness (QED) is 0.438. The summed E-state index contributed by atoms with van der Waals surface area (Å²) in [5, 5.41) is 9.46. The number of fused-ring (bicyclic) bond motifs is 3. The smallest absolute Gasteiger partial charge is 0.104 e. The van der Waals surface area contributed by atoms with Gasteiger partial charge in [0.05, 0.1) is 17.4 Å². The van der Waals surface area contributed by atoms with Crippen LogP contribution in [0.1, 0.15) is 11.3 Å². The van der Waals surface area contributed by atoms with Crippen LogP contribution in [0.15, 0.2) is 48.2 Å². The number of allylic oxidation sites excluding steroid dienone is 1. The number of H-pyrrole nitrogens is 1. The maximum atomic E-state index is 7.65. The third kappa shape index (κ3) is 2.36. The van der Waals surface area contributed by atoms with Gasteiger partial charge in [-0.3, -0.25) is 9.98 Å². The summed E-state index contributed by atoms with van der Waals surface area (Å²) in [5.74, 6) is 0. The van der Waals surface area contributed by atoms with Gasteiger partial charge in [0.15, 0.2) is 0 Å². The maximum Gasteiger partial charge on any atom is 0.104 e. The Morgan fingerprint density at radius 3 is 2.87 bits per heavy atom. The summed E-state index contributed by atoms with van der Waals surface area (Å²) in [6.45, 7) is 3.59. The molecule has 0 fully saturated rings. The van der Waals surface area contributed by atoms with Gasteiger partial charge >= 0.3 is 0 Å². The second-order valence-electron chi connectivity index (χ2n) is 4.94. The number of nitrogens with zero attached hydrogens (tertiary/aromatic N) is 2. The van der Waals surface area contributed by atoms with E-state index in [4.69, 9.17) is 16.9 Å². The number of aliphatic imine (C=N–C) groups is 1. The molecule has 3 aromatic rings. The highest BCUT2D eigenvalue weighted by molar-refractivity contribution is 6.16.